The summed E-state index contributed by atoms with van der Waals surface area (Å²) in [4.78, 5) is 0. The average molecular weight is 257 g/mol. The highest BCUT2D eigenvalue weighted by atomic mass is 31.0. The minimum Gasteiger partial charge on any atom is -0.328 e. The minimum atomic E-state index is 0.459. The second-order valence-corrected chi connectivity index (χ2v) is 7.98. The first kappa shape index (κ1) is 15.4. The van der Waals surface area contributed by atoms with Crippen LogP contribution in [0.1, 0.15) is 78.1 Å². The van der Waals surface area contributed by atoms with Gasteiger partial charge in [-0.3, -0.25) is 0 Å². The summed E-state index contributed by atoms with van der Waals surface area (Å²) in [7, 11) is 3.10. The lowest BCUT2D eigenvalue weighted by molar-refractivity contribution is 0.395. The zero-order valence-corrected chi connectivity index (χ0v) is 13.0. The summed E-state index contributed by atoms with van der Waals surface area (Å²) >= 11 is 0. The van der Waals surface area contributed by atoms with E-state index in [0.29, 0.717) is 11.2 Å². The maximum Gasteiger partial charge on any atom is 0.00389 e. The van der Waals surface area contributed by atoms with Crippen molar-refractivity contribution in [3.63, 3.8) is 0 Å². The van der Waals surface area contributed by atoms with Crippen molar-refractivity contribution in [3.05, 3.63) is 0 Å². The van der Waals surface area contributed by atoms with Crippen LogP contribution >= 0.6 is 9.24 Å². The Morgan fingerprint density at radius 1 is 0.941 bits per heavy atom. The molecule has 2 N–H and O–H groups in total. The summed E-state index contributed by atoms with van der Waals surface area (Å²) in [5.74, 6) is 0.849. The van der Waals surface area contributed by atoms with Gasteiger partial charge in [0.05, 0.1) is 0 Å². The van der Waals surface area contributed by atoms with E-state index in [4.69, 9.17) is 5.73 Å². The van der Waals surface area contributed by atoms with Gasteiger partial charge in [0.25, 0.3) is 0 Å². The number of rotatable bonds is 0. The molecule has 0 aliphatic heterocycles. The molecule has 3 unspecified atom stereocenters. The van der Waals surface area contributed by atoms with Crippen LogP contribution in [0, 0.1) is 5.92 Å². The minimum absolute atomic E-state index is 0.459. The summed E-state index contributed by atoms with van der Waals surface area (Å²) in [6.45, 7) is 4.81. The maximum absolute atomic E-state index is 6.17. The van der Waals surface area contributed by atoms with Crippen molar-refractivity contribution in [2.75, 3.05) is 0 Å². The molecule has 1 nitrogen and oxygen atoms in total. The second-order valence-electron chi connectivity index (χ2n) is 6.59. The van der Waals surface area contributed by atoms with Gasteiger partial charge in [-0.05, 0) is 49.6 Å². The Balaban J connectivity index is 2.42. The molecule has 0 aromatic heterocycles. The van der Waals surface area contributed by atoms with Crippen LogP contribution < -0.4 is 5.73 Å². The van der Waals surface area contributed by atoms with Crippen LogP contribution in [0.5, 0.6) is 0 Å². The fourth-order valence-corrected chi connectivity index (χ4v) is 3.15. The van der Waals surface area contributed by atoms with Gasteiger partial charge >= 0.3 is 0 Å². The summed E-state index contributed by atoms with van der Waals surface area (Å²) in [6, 6.07) is 0.459. The molecule has 4 atom stereocenters. The predicted molar refractivity (Wildman–Crippen MR) is 81.4 cm³/mol. The molecular formula is C15H32NP. The lowest BCUT2D eigenvalue weighted by atomic mass is 9.90. The summed E-state index contributed by atoms with van der Waals surface area (Å²) in [6.07, 6.45) is 13.4. The third-order valence-electron chi connectivity index (χ3n) is 4.31. The van der Waals surface area contributed by atoms with Gasteiger partial charge in [-0.2, -0.15) is 0 Å². The molecule has 1 aliphatic rings. The Kier molecular flexibility index (Phi) is 7.04. The SMILES string of the molecule is CC1CCC(N)CCCCCC[C@@](C)(P)CC1. The van der Waals surface area contributed by atoms with Crippen molar-refractivity contribution < 1.29 is 0 Å². The van der Waals surface area contributed by atoms with Crippen molar-refractivity contribution in [2.24, 2.45) is 11.7 Å². The Labute approximate surface area is 111 Å². The van der Waals surface area contributed by atoms with Gasteiger partial charge in [0, 0.05) is 6.04 Å². The Hall–Kier alpha value is 0.390. The quantitative estimate of drug-likeness (QED) is 0.635. The van der Waals surface area contributed by atoms with E-state index >= 15 is 0 Å². The molecule has 1 aliphatic carbocycles. The van der Waals surface area contributed by atoms with Crippen molar-refractivity contribution in [3.8, 4) is 0 Å². The third-order valence-corrected chi connectivity index (χ3v) is 4.89. The molecule has 102 valence electrons. The van der Waals surface area contributed by atoms with Crippen molar-refractivity contribution >= 4 is 9.24 Å². The van der Waals surface area contributed by atoms with Gasteiger partial charge in [-0.25, -0.2) is 0 Å². The van der Waals surface area contributed by atoms with E-state index in [2.05, 4.69) is 23.1 Å². The Morgan fingerprint density at radius 3 is 2.41 bits per heavy atom. The molecule has 1 fully saturated rings. The average Bonchev–Trinajstić information content (AvgIpc) is 2.28. The van der Waals surface area contributed by atoms with E-state index in [1.807, 2.05) is 0 Å². The van der Waals surface area contributed by atoms with Crippen LogP contribution in [-0.4, -0.2) is 11.2 Å². The van der Waals surface area contributed by atoms with E-state index < -0.39 is 0 Å². The molecule has 2 heteroatoms. The fourth-order valence-electron chi connectivity index (χ4n) is 2.78. The van der Waals surface area contributed by atoms with Crippen LogP contribution in [0.2, 0.25) is 0 Å². The fraction of sp³-hybridized carbons (Fsp3) is 1.00. The molecule has 0 heterocycles. The topological polar surface area (TPSA) is 26.0 Å². The zero-order chi connectivity index (χ0) is 12.7. The molecule has 1 rings (SSSR count). The van der Waals surface area contributed by atoms with Gasteiger partial charge in [0.2, 0.25) is 0 Å². The van der Waals surface area contributed by atoms with Crippen LogP contribution in [0.3, 0.4) is 0 Å². The summed E-state index contributed by atoms with van der Waals surface area (Å²) < 4.78 is 0. The Morgan fingerprint density at radius 2 is 1.65 bits per heavy atom. The number of hydrogen-bond donors (Lipinski definition) is 1. The van der Waals surface area contributed by atoms with E-state index in [0.717, 1.165) is 5.92 Å². The first-order chi connectivity index (χ1) is 7.99. The van der Waals surface area contributed by atoms with E-state index in [1.54, 1.807) is 0 Å². The highest BCUT2D eigenvalue weighted by Gasteiger charge is 2.19. The third kappa shape index (κ3) is 7.42. The largest absolute Gasteiger partial charge is 0.328 e. The molecule has 0 radical (unpaired) electrons. The highest BCUT2D eigenvalue weighted by Crippen LogP contribution is 2.33. The van der Waals surface area contributed by atoms with Crippen molar-refractivity contribution in [1.29, 1.82) is 0 Å². The van der Waals surface area contributed by atoms with E-state index in [9.17, 15) is 0 Å². The Bertz CT molecular complexity index is 203. The molecule has 0 aromatic rings. The molecule has 0 saturated heterocycles. The van der Waals surface area contributed by atoms with Gasteiger partial charge in [-0.15, -0.1) is 9.24 Å². The molecular weight excluding hydrogens is 225 g/mol. The molecule has 0 amide bonds. The first-order valence-electron chi connectivity index (χ1n) is 7.54. The van der Waals surface area contributed by atoms with Crippen LogP contribution in [-0.2, 0) is 0 Å². The monoisotopic (exact) mass is 257 g/mol. The normalized spacial score (nSPS) is 38.8. The lowest BCUT2D eigenvalue weighted by Crippen LogP contribution is -2.21. The molecule has 1 saturated carbocycles. The van der Waals surface area contributed by atoms with E-state index in [-0.39, 0.29) is 0 Å². The smallest absolute Gasteiger partial charge is 0.00389 e. The first-order valence-corrected chi connectivity index (χ1v) is 8.12. The maximum atomic E-state index is 6.17. The number of hydrogen-bond acceptors (Lipinski definition) is 1. The molecule has 17 heavy (non-hydrogen) atoms. The number of nitrogens with two attached hydrogens (primary N) is 1. The summed E-state index contributed by atoms with van der Waals surface area (Å²) in [5.41, 5.74) is 6.17. The lowest BCUT2D eigenvalue weighted by Gasteiger charge is -2.26. The molecule has 0 bridgehead atoms. The van der Waals surface area contributed by atoms with E-state index in [1.165, 1.54) is 64.2 Å². The zero-order valence-electron chi connectivity index (χ0n) is 11.9. The molecule has 0 spiro atoms. The van der Waals surface area contributed by atoms with Crippen molar-refractivity contribution in [2.45, 2.75) is 89.3 Å². The van der Waals surface area contributed by atoms with Crippen LogP contribution in [0.25, 0.3) is 0 Å². The standard InChI is InChI=1S/C15H32NP/c1-13-8-9-14(16)7-5-3-4-6-11-15(2,17)12-10-13/h13-14H,3-12,16-17H2,1-2H3/t13?,14?,15-/m1/s1. The van der Waals surface area contributed by atoms with Gasteiger partial charge in [0.15, 0.2) is 0 Å². The summed E-state index contributed by atoms with van der Waals surface area (Å²) in [5, 5.41) is 0.477. The molecule has 0 aromatic carbocycles. The van der Waals surface area contributed by atoms with Gasteiger partial charge in [-0.1, -0.05) is 39.5 Å². The predicted octanol–water partition coefficient (Wildman–Crippen LogP) is 4.50. The van der Waals surface area contributed by atoms with Gasteiger partial charge < -0.3 is 5.73 Å². The van der Waals surface area contributed by atoms with Gasteiger partial charge in [0.1, 0.15) is 0 Å². The van der Waals surface area contributed by atoms with Crippen LogP contribution in [0.4, 0.5) is 0 Å². The highest BCUT2D eigenvalue weighted by molar-refractivity contribution is 7.18. The van der Waals surface area contributed by atoms with Crippen LogP contribution in [0.15, 0.2) is 0 Å². The van der Waals surface area contributed by atoms with Crippen molar-refractivity contribution in [1.82, 2.24) is 0 Å². The second kappa shape index (κ2) is 7.74.